The molecule has 1 aliphatic rings. The van der Waals surface area contributed by atoms with Crippen molar-refractivity contribution >= 4 is 28.9 Å². The van der Waals surface area contributed by atoms with Gasteiger partial charge in [-0.2, -0.15) is 0 Å². The van der Waals surface area contributed by atoms with Crippen LogP contribution in [0.3, 0.4) is 0 Å². The number of hydrogen-bond donors (Lipinski definition) is 2. The van der Waals surface area contributed by atoms with Crippen LogP contribution < -0.4 is 10.6 Å². The zero-order valence-corrected chi connectivity index (χ0v) is 20.5. The lowest BCUT2D eigenvalue weighted by atomic mass is 9.96. The molecule has 5 rings (SSSR count). The monoisotopic (exact) mass is 485 g/mol. The van der Waals surface area contributed by atoms with Gasteiger partial charge in [-0.25, -0.2) is 0 Å². The molecule has 0 spiro atoms. The van der Waals surface area contributed by atoms with E-state index in [1.807, 2.05) is 65.6 Å². The highest BCUT2D eigenvalue weighted by Gasteiger charge is 2.42. The van der Waals surface area contributed by atoms with E-state index in [0.717, 1.165) is 34.1 Å². The van der Waals surface area contributed by atoms with E-state index in [2.05, 4.69) is 40.1 Å². The normalized spacial score (nSPS) is 17.4. The number of para-hydroxylation sites is 1. The zero-order chi connectivity index (χ0) is 24.4. The SMILES string of the molecule is Cc1cc([C@@H]2[C@H](c3ccccn3)NC(=S)N2CC(=O)Nc2ccccc2)c(C)n1Cc1ccco1. The number of nitrogens with one attached hydrogen (secondary N) is 2. The fraction of sp³-hybridized carbons (Fsp3) is 0.222. The molecular weight excluding hydrogens is 458 g/mol. The Morgan fingerprint density at radius 3 is 2.63 bits per heavy atom. The second-order valence-electron chi connectivity index (χ2n) is 8.66. The minimum Gasteiger partial charge on any atom is -0.467 e. The van der Waals surface area contributed by atoms with Gasteiger partial charge in [-0.3, -0.25) is 9.78 Å². The summed E-state index contributed by atoms with van der Waals surface area (Å²) in [5.74, 6) is 0.759. The van der Waals surface area contributed by atoms with Gasteiger partial charge in [-0.05, 0) is 74.1 Å². The topological polar surface area (TPSA) is 75.3 Å². The van der Waals surface area contributed by atoms with E-state index in [0.29, 0.717) is 11.7 Å². The summed E-state index contributed by atoms with van der Waals surface area (Å²) in [5, 5.41) is 6.93. The summed E-state index contributed by atoms with van der Waals surface area (Å²) in [7, 11) is 0. The Morgan fingerprint density at radius 2 is 1.91 bits per heavy atom. The second kappa shape index (κ2) is 9.76. The molecule has 4 heterocycles. The van der Waals surface area contributed by atoms with Gasteiger partial charge in [0.15, 0.2) is 5.11 Å². The number of anilines is 1. The molecule has 1 fully saturated rings. The predicted molar refractivity (Wildman–Crippen MR) is 139 cm³/mol. The number of carbonyl (C=O) groups excluding carboxylic acids is 1. The number of benzene rings is 1. The number of thiocarbonyl (C=S) groups is 1. The summed E-state index contributed by atoms with van der Waals surface area (Å²) in [6.45, 7) is 4.95. The van der Waals surface area contributed by atoms with Gasteiger partial charge in [0.2, 0.25) is 5.91 Å². The van der Waals surface area contributed by atoms with Crippen molar-refractivity contribution in [2.45, 2.75) is 32.5 Å². The van der Waals surface area contributed by atoms with Gasteiger partial charge in [-0.15, -0.1) is 0 Å². The molecule has 1 aliphatic heterocycles. The summed E-state index contributed by atoms with van der Waals surface area (Å²) in [6.07, 6.45) is 3.47. The number of nitrogens with zero attached hydrogens (tertiary/aromatic N) is 3. The first kappa shape index (κ1) is 22.9. The van der Waals surface area contributed by atoms with Crippen molar-refractivity contribution in [2.75, 3.05) is 11.9 Å². The third-order valence-corrected chi connectivity index (χ3v) is 6.75. The predicted octanol–water partition coefficient (Wildman–Crippen LogP) is 4.75. The molecule has 1 amide bonds. The highest BCUT2D eigenvalue weighted by atomic mass is 32.1. The van der Waals surface area contributed by atoms with Crippen LogP contribution in [0.2, 0.25) is 0 Å². The Labute approximate surface area is 209 Å². The lowest BCUT2D eigenvalue weighted by Gasteiger charge is -2.27. The first-order valence-electron chi connectivity index (χ1n) is 11.5. The van der Waals surface area contributed by atoms with E-state index in [9.17, 15) is 4.79 Å². The van der Waals surface area contributed by atoms with Crippen molar-refractivity contribution in [1.29, 1.82) is 0 Å². The fourth-order valence-corrected chi connectivity index (χ4v) is 5.03. The molecule has 2 N–H and O–H groups in total. The van der Waals surface area contributed by atoms with Crippen LogP contribution in [0.15, 0.2) is 83.6 Å². The summed E-state index contributed by atoms with van der Waals surface area (Å²) in [6, 6.07) is 21.0. The molecule has 7 nitrogen and oxygen atoms in total. The molecule has 0 unspecified atom stereocenters. The second-order valence-corrected chi connectivity index (χ2v) is 9.05. The van der Waals surface area contributed by atoms with Crippen LogP contribution in [0, 0.1) is 13.8 Å². The summed E-state index contributed by atoms with van der Waals surface area (Å²) >= 11 is 5.74. The van der Waals surface area contributed by atoms with Gasteiger partial charge < -0.3 is 24.5 Å². The van der Waals surface area contributed by atoms with Crippen molar-refractivity contribution in [3.8, 4) is 0 Å². The number of carbonyl (C=O) groups is 1. The molecule has 0 aliphatic carbocycles. The Bertz CT molecular complexity index is 1320. The maximum absolute atomic E-state index is 13.0. The summed E-state index contributed by atoms with van der Waals surface area (Å²) in [4.78, 5) is 19.6. The van der Waals surface area contributed by atoms with Gasteiger partial charge in [-0.1, -0.05) is 24.3 Å². The molecule has 0 radical (unpaired) electrons. The van der Waals surface area contributed by atoms with E-state index in [-0.39, 0.29) is 24.5 Å². The standard InChI is InChI=1S/C27H27N5O2S/c1-18-15-22(19(2)31(18)16-21-11-8-14-34-21)26-25(23-12-6-7-13-28-23)30-27(35)32(26)17-24(33)29-20-9-4-3-5-10-20/h3-15,25-26H,16-17H2,1-2H3,(H,29,33)(H,30,35)/t25-,26+/m0/s1. The van der Waals surface area contributed by atoms with Gasteiger partial charge in [0.25, 0.3) is 0 Å². The van der Waals surface area contributed by atoms with E-state index < -0.39 is 0 Å². The molecule has 1 aromatic carbocycles. The average molecular weight is 486 g/mol. The van der Waals surface area contributed by atoms with Gasteiger partial charge in [0.05, 0.1) is 30.6 Å². The van der Waals surface area contributed by atoms with Crippen LogP contribution in [0.5, 0.6) is 0 Å². The lowest BCUT2D eigenvalue weighted by molar-refractivity contribution is -0.116. The number of rotatable bonds is 7. The highest BCUT2D eigenvalue weighted by Crippen LogP contribution is 2.40. The van der Waals surface area contributed by atoms with Crippen molar-refractivity contribution in [2.24, 2.45) is 0 Å². The molecule has 8 heteroatoms. The van der Waals surface area contributed by atoms with Crippen LogP contribution >= 0.6 is 12.2 Å². The van der Waals surface area contributed by atoms with Crippen molar-refractivity contribution < 1.29 is 9.21 Å². The van der Waals surface area contributed by atoms with Crippen LogP contribution in [0.1, 0.15) is 40.5 Å². The number of aryl methyl sites for hydroxylation is 1. The third-order valence-electron chi connectivity index (χ3n) is 6.39. The molecule has 3 aromatic heterocycles. The maximum Gasteiger partial charge on any atom is 0.244 e. The Hall–Kier alpha value is -3.91. The third kappa shape index (κ3) is 4.70. The number of furan rings is 1. The molecule has 35 heavy (non-hydrogen) atoms. The van der Waals surface area contributed by atoms with Crippen molar-refractivity contribution in [3.63, 3.8) is 0 Å². The number of pyridine rings is 1. The molecule has 4 aromatic rings. The first-order chi connectivity index (χ1) is 17.0. The Kier molecular flexibility index (Phi) is 6.37. The van der Waals surface area contributed by atoms with E-state index in [1.165, 1.54) is 0 Å². The number of aromatic nitrogens is 2. The fourth-order valence-electron chi connectivity index (χ4n) is 4.72. The van der Waals surface area contributed by atoms with Crippen LogP contribution in [-0.2, 0) is 11.3 Å². The van der Waals surface area contributed by atoms with Gasteiger partial charge >= 0.3 is 0 Å². The molecule has 2 atom stereocenters. The maximum atomic E-state index is 13.0. The number of amides is 1. The van der Waals surface area contributed by atoms with Crippen LogP contribution in [-0.4, -0.2) is 32.0 Å². The van der Waals surface area contributed by atoms with E-state index in [1.54, 1.807) is 12.5 Å². The summed E-state index contributed by atoms with van der Waals surface area (Å²) < 4.78 is 7.82. The molecule has 178 valence electrons. The average Bonchev–Trinajstić information content (AvgIpc) is 3.56. The van der Waals surface area contributed by atoms with E-state index >= 15 is 0 Å². The Balaban J connectivity index is 1.49. The minimum absolute atomic E-state index is 0.122. The van der Waals surface area contributed by atoms with E-state index in [4.69, 9.17) is 16.6 Å². The van der Waals surface area contributed by atoms with Gasteiger partial charge in [0.1, 0.15) is 12.3 Å². The van der Waals surface area contributed by atoms with Crippen LogP contribution in [0.4, 0.5) is 5.69 Å². The molecular formula is C27H27N5O2S. The zero-order valence-electron chi connectivity index (χ0n) is 19.6. The Morgan fingerprint density at radius 1 is 1.11 bits per heavy atom. The first-order valence-corrected chi connectivity index (χ1v) is 11.9. The number of hydrogen-bond acceptors (Lipinski definition) is 4. The van der Waals surface area contributed by atoms with Crippen molar-refractivity contribution in [3.05, 3.63) is 108 Å². The quantitative estimate of drug-likeness (QED) is 0.368. The molecule has 0 bridgehead atoms. The van der Waals surface area contributed by atoms with Crippen molar-refractivity contribution in [1.82, 2.24) is 19.8 Å². The molecule has 0 saturated carbocycles. The lowest BCUT2D eigenvalue weighted by Crippen LogP contribution is -2.37. The smallest absolute Gasteiger partial charge is 0.244 e. The van der Waals surface area contributed by atoms with Gasteiger partial charge in [0, 0.05) is 23.3 Å². The minimum atomic E-state index is -0.199. The van der Waals surface area contributed by atoms with Crippen LogP contribution in [0.25, 0.3) is 0 Å². The largest absolute Gasteiger partial charge is 0.467 e. The summed E-state index contributed by atoms with van der Waals surface area (Å²) in [5.41, 5.74) is 4.95. The highest BCUT2D eigenvalue weighted by molar-refractivity contribution is 7.80. The molecule has 1 saturated heterocycles.